The van der Waals surface area contributed by atoms with Crippen LogP contribution >= 0.6 is 0 Å². The maximum atomic E-state index is 4.05. The minimum atomic E-state index is 0.831. The molecule has 1 aromatic heterocycles. The molecule has 0 saturated carbocycles. The standard InChI is InChI=1S/C11H13N5/c1-16(2)15-14-10-5-3-9(4-6-10)11-7-12-8-13-11/h3-8H,1-2H3,(H,12,13). The number of aromatic nitrogens is 2. The van der Waals surface area contributed by atoms with Crippen molar-refractivity contribution in [3.05, 3.63) is 36.8 Å². The summed E-state index contributed by atoms with van der Waals surface area (Å²) in [6.45, 7) is 0. The SMILES string of the molecule is CN(C)N=Nc1ccc(-c2cnc[nH]2)cc1. The molecule has 0 amide bonds. The molecule has 16 heavy (non-hydrogen) atoms. The molecule has 82 valence electrons. The van der Waals surface area contributed by atoms with Gasteiger partial charge in [0.1, 0.15) is 0 Å². The highest BCUT2D eigenvalue weighted by Gasteiger charge is 1.98. The predicted octanol–water partition coefficient (Wildman–Crippen LogP) is 2.64. The van der Waals surface area contributed by atoms with Crippen molar-refractivity contribution in [2.45, 2.75) is 0 Å². The van der Waals surface area contributed by atoms with Crippen molar-refractivity contribution in [3.8, 4) is 11.3 Å². The second-order valence-electron chi connectivity index (χ2n) is 3.55. The van der Waals surface area contributed by atoms with Gasteiger partial charge in [0.2, 0.25) is 0 Å². The van der Waals surface area contributed by atoms with E-state index >= 15 is 0 Å². The van der Waals surface area contributed by atoms with Crippen LogP contribution in [0.4, 0.5) is 5.69 Å². The molecule has 0 atom stereocenters. The molecule has 0 saturated heterocycles. The van der Waals surface area contributed by atoms with Gasteiger partial charge in [0.25, 0.3) is 0 Å². The first kappa shape index (κ1) is 10.4. The average Bonchev–Trinajstić information content (AvgIpc) is 2.80. The molecule has 0 radical (unpaired) electrons. The molecule has 1 heterocycles. The van der Waals surface area contributed by atoms with Crippen LogP contribution in [0.15, 0.2) is 47.1 Å². The summed E-state index contributed by atoms with van der Waals surface area (Å²) in [5, 5.41) is 9.63. The van der Waals surface area contributed by atoms with Crippen LogP contribution in [0, 0.1) is 0 Å². The van der Waals surface area contributed by atoms with Gasteiger partial charge in [0.05, 0.1) is 23.9 Å². The minimum absolute atomic E-state index is 0.831. The van der Waals surface area contributed by atoms with E-state index in [1.54, 1.807) is 17.5 Å². The van der Waals surface area contributed by atoms with Gasteiger partial charge in [0.15, 0.2) is 0 Å². The molecular formula is C11H13N5. The van der Waals surface area contributed by atoms with Gasteiger partial charge < -0.3 is 4.98 Å². The van der Waals surface area contributed by atoms with Crippen LogP contribution in [0.5, 0.6) is 0 Å². The number of aromatic amines is 1. The van der Waals surface area contributed by atoms with Crippen molar-refractivity contribution >= 4 is 5.69 Å². The third-order valence-corrected chi connectivity index (χ3v) is 2.02. The Morgan fingerprint density at radius 2 is 1.94 bits per heavy atom. The van der Waals surface area contributed by atoms with Gasteiger partial charge in [-0.3, -0.25) is 5.01 Å². The largest absolute Gasteiger partial charge is 0.345 e. The average molecular weight is 215 g/mol. The Morgan fingerprint density at radius 3 is 2.50 bits per heavy atom. The Kier molecular flexibility index (Phi) is 2.95. The molecule has 0 fully saturated rings. The van der Waals surface area contributed by atoms with Crippen molar-refractivity contribution < 1.29 is 0 Å². The van der Waals surface area contributed by atoms with Gasteiger partial charge in [-0.15, -0.1) is 5.11 Å². The number of imidazole rings is 1. The van der Waals surface area contributed by atoms with Crippen molar-refractivity contribution in [2.24, 2.45) is 10.3 Å². The maximum Gasteiger partial charge on any atom is 0.0924 e. The van der Waals surface area contributed by atoms with Gasteiger partial charge in [-0.1, -0.05) is 17.4 Å². The Labute approximate surface area is 93.8 Å². The fraction of sp³-hybridized carbons (Fsp3) is 0.182. The second kappa shape index (κ2) is 4.57. The summed E-state index contributed by atoms with van der Waals surface area (Å²) in [4.78, 5) is 7.03. The fourth-order valence-corrected chi connectivity index (χ4v) is 1.26. The molecule has 0 unspecified atom stereocenters. The maximum absolute atomic E-state index is 4.05. The van der Waals surface area contributed by atoms with Crippen molar-refractivity contribution in [1.82, 2.24) is 15.0 Å². The van der Waals surface area contributed by atoms with E-state index < -0.39 is 0 Å². The van der Waals surface area contributed by atoms with Gasteiger partial charge in [-0.25, -0.2) is 4.98 Å². The first-order chi connectivity index (χ1) is 7.75. The quantitative estimate of drug-likeness (QED) is 0.632. The highest BCUT2D eigenvalue weighted by molar-refractivity contribution is 5.60. The zero-order valence-corrected chi connectivity index (χ0v) is 9.25. The second-order valence-corrected chi connectivity index (χ2v) is 3.55. The monoisotopic (exact) mass is 215 g/mol. The normalized spacial score (nSPS) is 10.9. The Hall–Kier alpha value is -2.17. The molecule has 0 aliphatic carbocycles. The Morgan fingerprint density at radius 1 is 1.19 bits per heavy atom. The molecule has 5 heteroatoms. The summed E-state index contributed by atoms with van der Waals surface area (Å²) in [6.07, 6.45) is 3.45. The third kappa shape index (κ3) is 2.44. The van der Waals surface area contributed by atoms with Gasteiger partial charge >= 0.3 is 0 Å². The fourth-order valence-electron chi connectivity index (χ4n) is 1.26. The van der Waals surface area contributed by atoms with Crippen LogP contribution in [0.2, 0.25) is 0 Å². The first-order valence-electron chi connectivity index (χ1n) is 4.93. The summed E-state index contributed by atoms with van der Waals surface area (Å²) in [6, 6.07) is 7.81. The lowest BCUT2D eigenvalue weighted by Gasteiger charge is -2.01. The molecule has 5 nitrogen and oxygen atoms in total. The molecule has 2 rings (SSSR count). The highest BCUT2D eigenvalue weighted by Crippen LogP contribution is 2.20. The van der Waals surface area contributed by atoms with E-state index in [9.17, 15) is 0 Å². The van der Waals surface area contributed by atoms with Gasteiger partial charge in [-0.05, 0) is 17.7 Å². The smallest absolute Gasteiger partial charge is 0.0924 e. The van der Waals surface area contributed by atoms with E-state index in [0.717, 1.165) is 16.9 Å². The van der Waals surface area contributed by atoms with E-state index in [0.29, 0.717) is 0 Å². The summed E-state index contributed by atoms with van der Waals surface area (Å²) in [5.41, 5.74) is 2.91. The Balaban J connectivity index is 2.17. The molecule has 1 aromatic carbocycles. The van der Waals surface area contributed by atoms with Crippen LogP contribution in [0.1, 0.15) is 0 Å². The van der Waals surface area contributed by atoms with Crippen LogP contribution < -0.4 is 0 Å². The molecule has 0 bridgehead atoms. The molecule has 0 aliphatic heterocycles. The molecule has 0 spiro atoms. The third-order valence-electron chi connectivity index (χ3n) is 2.02. The van der Waals surface area contributed by atoms with E-state index in [-0.39, 0.29) is 0 Å². The van der Waals surface area contributed by atoms with Crippen LogP contribution in [0.3, 0.4) is 0 Å². The topological polar surface area (TPSA) is 56.6 Å². The Bertz CT molecular complexity index is 456. The summed E-state index contributed by atoms with van der Waals surface area (Å²) in [5.74, 6) is 0. The van der Waals surface area contributed by atoms with Crippen LogP contribution in [-0.2, 0) is 0 Å². The molecular weight excluding hydrogens is 202 g/mol. The number of rotatable bonds is 3. The highest BCUT2D eigenvalue weighted by atomic mass is 15.5. The lowest BCUT2D eigenvalue weighted by Crippen LogP contribution is -1.98. The zero-order valence-electron chi connectivity index (χ0n) is 9.25. The lowest BCUT2D eigenvalue weighted by atomic mass is 10.1. The molecule has 1 N–H and O–H groups in total. The van der Waals surface area contributed by atoms with Gasteiger partial charge in [0, 0.05) is 14.1 Å². The number of H-pyrrole nitrogens is 1. The number of benzene rings is 1. The number of nitrogens with one attached hydrogen (secondary N) is 1. The predicted molar refractivity (Wildman–Crippen MR) is 62.2 cm³/mol. The van der Waals surface area contributed by atoms with E-state index in [1.807, 2.05) is 38.4 Å². The van der Waals surface area contributed by atoms with Gasteiger partial charge in [-0.2, -0.15) is 0 Å². The van der Waals surface area contributed by atoms with Crippen LogP contribution in [0.25, 0.3) is 11.3 Å². The summed E-state index contributed by atoms with van der Waals surface area (Å²) in [7, 11) is 3.67. The van der Waals surface area contributed by atoms with E-state index in [2.05, 4.69) is 20.3 Å². The molecule has 0 aliphatic rings. The molecule has 2 aromatic rings. The number of hydrogen-bond donors (Lipinski definition) is 1. The van der Waals surface area contributed by atoms with Crippen molar-refractivity contribution in [3.63, 3.8) is 0 Å². The summed E-state index contributed by atoms with van der Waals surface area (Å²) >= 11 is 0. The van der Waals surface area contributed by atoms with Crippen molar-refractivity contribution in [1.29, 1.82) is 0 Å². The van der Waals surface area contributed by atoms with Crippen molar-refractivity contribution in [2.75, 3.05) is 14.1 Å². The summed E-state index contributed by atoms with van der Waals surface area (Å²) < 4.78 is 0. The zero-order chi connectivity index (χ0) is 11.4. The minimum Gasteiger partial charge on any atom is -0.345 e. The van der Waals surface area contributed by atoms with E-state index in [4.69, 9.17) is 0 Å². The van der Waals surface area contributed by atoms with Crippen LogP contribution in [-0.4, -0.2) is 29.1 Å². The van der Waals surface area contributed by atoms with E-state index in [1.165, 1.54) is 0 Å². The lowest BCUT2D eigenvalue weighted by molar-refractivity contribution is 0.408. The number of nitrogens with zero attached hydrogens (tertiary/aromatic N) is 4. The number of hydrogen-bond acceptors (Lipinski definition) is 3. The first-order valence-corrected chi connectivity index (χ1v) is 4.93.